The van der Waals surface area contributed by atoms with Crippen LogP contribution in [-0.4, -0.2) is 23.7 Å². The highest BCUT2D eigenvalue weighted by atomic mass is 16.3. The van der Waals surface area contributed by atoms with E-state index in [9.17, 15) is 9.90 Å². The quantitative estimate of drug-likeness (QED) is 0.691. The average Bonchev–Trinajstić information content (AvgIpc) is 2.15. The number of carbonyl (C=O) groups excluding carboxylic acids is 1. The first-order valence-electron chi connectivity index (χ1n) is 5.19. The molecule has 1 aliphatic carbocycles. The van der Waals surface area contributed by atoms with Crippen molar-refractivity contribution in [2.45, 2.75) is 45.1 Å². The van der Waals surface area contributed by atoms with Crippen LogP contribution in [0.5, 0.6) is 0 Å². The highest BCUT2D eigenvalue weighted by Crippen LogP contribution is 2.23. The summed E-state index contributed by atoms with van der Waals surface area (Å²) in [7, 11) is 0. The van der Waals surface area contributed by atoms with Crippen LogP contribution in [0.2, 0.25) is 0 Å². The van der Waals surface area contributed by atoms with Crippen LogP contribution in [0.3, 0.4) is 0 Å². The Balaban J connectivity index is 2.23. The molecule has 0 unspecified atom stereocenters. The van der Waals surface area contributed by atoms with Gasteiger partial charge in [-0.15, -0.1) is 0 Å². The third-order valence-electron chi connectivity index (χ3n) is 2.62. The summed E-state index contributed by atoms with van der Waals surface area (Å²) in [5, 5.41) is 12.1. The molecule has 0 aliphatic heterocycles. The van der Waals surface area contributed by atoms with Gasteiger partial charge in [-0.2, -0.15) is 0 Å². The Morgan fingerprint density at radius 2 is 2.00 bits per heavy atom. The molecule has 1 fully saturated rings. The van der Waals surface area contributed by atoms with Crippen molar-refractivity contribution in [3.63, 3.8) is 0 Å². The Morgan fingerprint density at radius 1 is 1.38 bits per heavy atom. The molecule has 0 heterocycles. The largest absolute Gasteiger partial charge is 0.393 e. The highest BCUT2D eigenvalue weighted by molar-refractivity contribution is 5.78. The number of hydrogen-bond acceptors (Lipinski definition) is 2. The molecule has 76 valence electrons. The van der Waals surface area contributed by atoms with Crippen molar-refractivity contribution in [1.82, 2.24) is 5.32 Å². The fourth-order valence-corrected chi connectivity index (χ4v) is 1.73. The molecule has 1 aliphatic rings. The molecule has 0 saturated heterocycles. The summed E-state index contributed by atoms with van der Waals surface area (Å²) < 4.78 is 0. The molecule has 3 nitrogen and oxygen atoms in total. The van der Waals surface area contributed by atoms with Crippen LogP contribution in [-0.2, 0) is 4.79 Å². The number of hydrogen-bond donors (Lipinski definition) is 2. The van der Waals surface area contributed by atoms with E-state index in [1.165, 1.54) is 0 Å². The third-order valence-corrected chi connectivity index (χ3v) is 2.62. The van der Waals surface area contributed by atoms with Crippen molar-refractivity contribution in [3.8, 4) is 0 Å². The van der Waals surface area contributed by atoms with E-state index < -0.39 is 0 Å². The number of nitrogens with one attached hydrogen (secondary N) is 1. The second-order valence-electron chi connectivity index (χ2n) is 3.80. The summed E-state index contributed by atoms with van der Waals surface area (Å²) in [6.45, 7) is 2.82. The van der Waals surface area contributed by atoms with E-state index in [1.807, 2.05) is 6.92 Å². The summed E-state index contributed by atoms with van der Waals surface area (Å²) in [6.07, 6.45) is 4.07. The molecule has 0 atom stereocenters. The zero-order valence-corrected chi connectivity index (χ0v) is 8.25. The maximum atomic E-state index is 11.5. The van der Waals surface area contributed by atoms with Gasteiger partial charge in [-0.25, -0.2) is 0 Å². The molecule has 0 bridgehead atoms. The minimum atomic E-state index is -0.171. The van der Waals surface area contributed by atoms with Crippen LogP contribution in [0.25, 0.3) is 0 Å². The Hall–Kier alpha value is -0.570. The van der Waals surface area contributed by atoms with E-state index in [2.05, 4.69) is 5.32 Å². The molecule has 0 radical (unpaired) electrons. The van der Waals surface area contributed by atoms with Crippen molar-refractivity contribution < 1.29 is 9.90 Å². The standard InChI is InChI=1S/C10H19NO2/c1-2-7-11-10(13)8-3-5-9(12)6-4-8/h8-9,12H,2-7H2,1H3,(H,11,13)/t8-,9-. The van der Waals surface area contributed by atoms with Crippen LogP contribution in [0, 0.1) is 5.92 Å². The van der Waals surface area contributed by atoms with E-state index >= 15 is 0 Å². The van der Waals surface area contributed by atoms with Gasteiger partial charge in [-0.3, -0.25) is 4.79 Å². The molecule has 2 N–H and O–H groups in total. The molecule has 1 rings (SSSR count). The molecular weight excluding hydrogens is 166 g/mol. The molecule has 0 aromatic heterocycles. The number of carbonyl (C=O) groups is 1. The van der Waals surface area contributed by atoms with Gasteiger partial charge in [-0.05, 0) is 32.1 Å². The number of aliphatic hydroxyl groups excluding tert-OH is 1. The van der Waals surface area contributed by atoms with Crippen molar-refractivity contribution >= 4 is 5.91 Å². The fourth-order valence-electron chi connectivity index (χ4n) is 1.73. The topological polar surface area (TPSA) is 49.3 Å². The van der Waals surface area contributed by atoms with Crippen LogP contribution in [0.1, 0.15) is 39.0 Å². The lowest BCUT2D eigenvalue weighted by molar-refractivity contribution is -0.126. The molecule has 3 heteroatoms. The van der Waals surface area contributed by atoms with Crippen LogP contribution in [0.15, 0.2) is 0 Å². The van der Waals surface area contributed by atoms with E-state index in [0.717, 1.165) is 38.6 Å². The van der Waals surface area contributed by atoms with E-state index in [0.29, 0.717) is 0 Å². The maximum absolute atomic E-state index is 11.5. The van der Waals surface area contributed by atoms with Crippen molar-refractivity contribution in [1.29, 1.82) is 0 Å². The summed E-state index contributed by atoms with van der Waals surface area (Å²) in [4.78, 5) is 11.5. The van der Waals surface area contributed by atoms with E-state index in [-0.39, 0.29) is 17.9 Å². The Bertz CT molecular complexity index is 162. The second kappa shape index (κ2) is 5.22. The zero-order valence-electron chi connectivity index (χ0n) is 8.25. The van der Waals surface area contributed by atoms with Gasteiger partial charge in [0.15, 0.2) is 0 Å². The van der Waals surface area contributed by atoms with E-state index in [4.69, 9.17) is 0 Å². The lowest BCUT2D eigenvalue weighted by Crippen LogP contribution is -2.34. The minimum absolute atomic E-state index is 0.148. The average molecular weight is 185 g/mol. The Labute approximate surface area is 79.5 Å². The lowest BCUT2D eigenvalue weighted by Gasteiger charge is -2.24. The minimum Gasteiger partial charge on any atom is -0.393 e. The molecule has 0 aromatic rings. The first-order chi connectivity index (χ1) is 6.24. The first-order valence-corrected chi connectivity index (χ1v) is 5.19. The van der Waals surface area contributed by atoms with Gasteiger partial charge < -0.3 is 10.4 Å². The number of aliphatic hydroxyl groups is 1. The highest BCUT2D eigenvalue weighted by Gasteiger charge is 2.24. The smallest absolute Gasteiger partial charge is 0.223 e. The Kier molecular flexibility index (Phi) is 4.22. The number of rotatable bonds is 3. The summed E-state index contributed by atoms with van der Waals surface area (Å²) in [5.74, 6) is 0.323. The summed E-state index contributed by atoms with van der Waals surface area (Å²) in [6, 6.07) is 0. The predicted molar refractivity (Wildman–Crippen MR) is 51.3 cm³/mol. The molecule has 0 aromatic carbocycles. The van der Waals surface area contributed by atoms with Gasteiger partial charge in [0.1, 0.15) is 0 Å². The van der Waals surface area contributed by atoms with Crippen LogP contribution < -0.4 is 5.32 Å². The Morgan fingerprint density at radius 3 is 2.54 bits per heavy atom. The lowest BCUT2D eigenvalue weighted by atomic mass is 9.87. The second-order valence-corrected chi connectivity index (χ2v) is 3.80. The summed E-state index contributed by atoms with van der Waals surface area (Å²) >= 11 is 0. The van der Waals surface area contributed by atoms with Crippen LogP contribution in [0.4, 0.5) is 0 Å². The van der Waals surface area contributed by atoms with Gasteiger partial charge in [0.2, 0.25) is 5.91 Å². The predicted octanol–water partition coefficient (Wildman–Crippen LogP) is 1.06. The molecule has 1 amide bonds. The molecule has 0 spiro atoms. The van der Waals surface area contributed by atoms with Crippen molar-refractivity contribution in [2.75, 3.05) is 6.54 Å². The summed E-state index contributed by atoms with van der Waals surface area (Å²) in [5.41, 5.74) is 0. The SMILES string of the molecule is CCCNC(=O)[C@H]1CC[C@H](O)CC1. The van der Waals surface area contributed by atoms with Gasteiger partial charge in [0, 0.05) is 12.5 Å². The molecule has 13 heavy (non-hydrogen) atoms. The normalized spacial score (nSPS) is 28.5. The number of amides is 1. The van der Waals surface area contributed by atoms with Gasteiger partial charge in [0.05, 0.1) is 6.10 Å². The molecule has 1 saturated carbocycles. The van der Waals surface area contributed by atoms with Gasteiger partial charge in [-0.1, -0.05) is 6.92 Å². The zero-order chi connectivity index (χ0) is 9.68. The van der Waals surface area contributed by atoms with Crippen LogP contribution >= 0.6 is 0 Å². The van der Waals surface area contributed by atoms with E-state index in [1.54, 1.807) is 0 Å². The first kappa shape index (κ1) is 10.5. The third kappa shape index (κ3) is 3.35. The monoisotopic (exact) mass is 185 g/mol. The van der Waals surface area contributed by atoms with Crippen molar-refractivity contribution in [2.24, 2.45) is 5.92 Å². The van der Waals surface area contributed by atoms with Gasteiger partial charge >= 0.3 is 0 Å². The maximum Gasteiger partial charge on any atom is 0.223 e. The molecular formula is C10H19NO2. The van der Waals surface area contributed by atoms with Crippen molar-refractivity contribution in [3.05, 3.63) is 0 Å². The fraction of sp³-hybridized carbons (Fsp3) is 0.900. The van der Waals surface area contributed by atoms with Gasteiger partial charge in [0.25, 0.3) is 0 Å².